The Labute approximate surface area is 229 Å². The second-order valence-electron chi connectivity index (χ2n) is 8.71. The topological polar surface area (TPSA) is 106 Å². The summed E-state index contributed by atoms with van der Waals surface area (Å²) in [6, 6.07) is 28.3. The monoisotopic (exact) mass is 533 g/mol. The van der Waals surface area contributed by atoms with Crippen LogP contribution in [0.3, 0.4) is 0 Å². The van der Waals surface area contributed by atoms with Crippen LogP contribution in [-0.2, 0) is 34.0 Å². The summed E-state index contributed by atoms with van der Waals surface area (Å²) in [6.45, 7) is 1.93. The molecule has 3 aromatic rings. The lowest BCUT2D eigenvalue weighted by molar-refractivity contribution is 0.0949. The van der Waals surface area contributed by atoms with Crippen molar-refractivity contribution in [3.05, 3.63) is 108 Å². The molecule has 3 amide bonds. The van der Waals surface area contributed by atoms with Crippen LogP contribution in [0.25, 0.3) is 0 Å². The average Bonchev–Trinajstić information content (AvgIpc) is 2.98. The van der Waals surface area contributed by atoms with E-state index in [2.05, 4.69) is 10.6 Å². The van der Waals surface area contributed by atoms with Crippen molar-refractivity contribution in [3.8, 4) is 0 Å². The van der Waals surface area contributed by atoms with Crippen LogP contribution >= 0.6 is 0 Å². The van der Waals surface area contributed by atoms with Gasteiger partial charge in [0.15, 0.2) is 0 Å². The van der Waals surface area contributed by atoms with E-state index in [1.54, 1.807) is 4.90 Å². The maximum absolute atomic E-state index is 12.8. The van der Waals surface area contributed by atoms with Crippen LogP contribution in [0.15, 0.2) is 91.0 Å². The number of carbonyl (C=O) groups is 3. The van der Waals surface area contributed by atoms with E-state index in [-0.39, 0.29) is 19.8 Å². The Bertz CT molecular complexity index is 1070. The second kappa shape index (κ2) is 17.1. The third kappa shape index (κ3) is 12.0. The third-order valence-electron chi connectivity index (χ3n) is 5.64. The van der Waals surface area contributed by atoms with Crippen LogP contribution in [0.1, 0.15) is 29.5 Å². The number of rotatable bonds is 14. The Morgan fingerprint density at radius 3 is 1.28 bits per heavy atom. The number of amides is 3. The lowest BCUT2D eigenvalue weighted by atomic mass is 10.2. The molecule has 39 heavy (non-hydrogen) atoms. The van der Waals surface area contributed by atoms with E-state index in [4.69, 9.17) is 14.2 Å². The number of nitrogens with one attached hydrogen (secondary N) is 2. The molecule has 0 saturated carbocycles. The highest BCUT2D eigenvalue weighted by Gasteiger charge is 2.15. The summed E-state index contributed by atoms with van der Waals surface area (Å²) in [7, 11) is 0. The molecule has 0 unspecified atom stereocenters. The van der Waals surface area contributed by atoms with Crippen molar-refractivity contribution in [1.82, 2.24) is 15.5 Å². The van der Waals surface area contributed by atoms with Gasteiger partial charge in [0, 0.05) is 26.2 Å². The molecule has 0 fully saturated rings. The van der Waals surface area contributed by atoms with Crippen molar-refractivity contribution in [2.45, 2.75) is 32.7 Å². The number of hydrogen-bond donors (Lipinski definition) is 2. The van der Waals surface area contributed by atoms with Gasteiger partial charge in [0.05, 0.1) is 0 Å². The molecule has 9 heteroatoms. The highest BCUT2D eigenvalue weighted by Crippen LogP contribution is 2.06. The van der Waals surface area contributed by atoms with Gasteiger partial charge in [-0.3, -0.25) is 0 Å². The van der Waals surface area contributed by atoms with Crippen LogP contribution < -0.4 is 10.6 Å². The van der Waals surface area contributed by atoms with Crippen molar-refractivity contribution in [2.24, 2.45) is 0 Å². The van der Waals surface area contributed by atoms with E-state index in [9.17, 15) is 14.4 Å². The van der Waals surface area contributed by atoms with E-state index < -0.39 is 18.3 Å². The molecule has 0 saturated heterocycles. The van der Waals surface area contributed by atoms with E-state index in [0.29, 0.717) is 39.0 Å². The first-order valence-electron chi connectivity index (χ1n) is 12.9. The van der Waals surface area contributed by atoms with Crippen molar-refractivity contribution in [1.29, 1.82) is 0 Å². The highest BCUT2D eigenvalue weighted by molar-refractivity contribution is 5.68. The molecule has 3 aromatic carbocycles. The minimum Gasteiger partial charge on any atom is -0.445 e. The molecule has 2 N–H and O–H groups in total. The molecule has 206 valence electrons. The molecule has 0 radical (unpaired) electrons. The lowest BCUT2D eigenvalue weighted by Gasteiger charge is -2.22. The Morgan fingerprint density at radius 2 is 0.897 bits per heavy atom. The third-order valence-corrected chi connectivity index (χ3v) is 5.64. The van der Waals surface area contributed by atoms with Gasteiger partial charge in [0.2, 0.25) is 0 Å². The molecule has 0 heterocycles. The lowest BCUT2D eigenvalue weighted by Crippen LogP contribution is -2.37. The van der Waals surface area contributed by atoms with Gasteiger partial charge in [-0.05, 0) is 29.5 Å². The van der Waals surface area contributed by atoms with Crippen LogP contribution in [0.4, 0.5) is 14.4 Å². The Balaban J connectivity index is 1.38. The van der Waals surface area contributed by atoms with Gasteiger partial charge in [0.25, 0.3) is 0 Å². The molecule has 0 aliphatic carbocycles. The first-order valence-corrected chi connectivity index (χ1v) is 12.9. The highest BCUT2D eigenvalue weighted by atomic mass is 16.6. The van der Waals surface area contributed by atoms with Gasteiger partial charge in [-0.1, -0.05) is 91.0 Å². The molecule has 9 nitrogen and oxygen atoms in total. The first kappa shape index (κ1) is 29.0. The maximum Gasteiger partial charge on any atom is 0.410 e. The first-order chi connectivity index (χ1) is 19.1. The van der Waals surface area contributed by atoms with Gasteiger partial charge in [0.1, 0.15) is 19.8 Å². The van der Waals surface area contributed by atoms with Crippen LogP contribution in [0.5, 0.6) is 0 Å². The largest absolute Gasteiger partial charge is 0.445 e. The number of alkyl carbamates (subject to hydrolysis) is 2. The molecular formula is C30H35N3O6. The fraction of sp³-hybridized carbons (Fsp3) is 0.300. The van der Waals surface area contributed by atoms with Crippen molar-refractivity contribution >= 4 is 18.3 Å². The Morgan fingerprint density at radius 1 is 0.538 bits per heavy atom. The number of ether oxygens (including phenoxy) is 3. The summed E-state index contributed by atoms with van der Waals surface area (Å²) < 4.78 is 15.9. The molecule has 0 aliphatic heterocycles. The molecule has 0 spiro atoms. The van der Waals surface area contributed by atoms with E-state index in [1.165, 1.54) is 0 Å². The van der Waals surface area contributed by atoms with Crippen LogP contribution in [0, 0.1) is 0 Å². The quantitative estimate of drug-likeness (QED) is 0.216. The van der Waals surface area contributed by atoms with Gasteiger partial charge < -0.3 is 29.7 Å². The second-order valence-corrected chi connectivity index (χ2v) is 8.71. The number of benzene rings is 3. The fourth-order valence-electron chi connectivity index (χ4n) is 3.57. The zero-order valence-corrected chi connectivity index (χ0v) is 21.9. The van der Waals surface area contributed by atoms with Crippen LogP contribution in [-0.4, -0.2) is 49.4 Å². The maximum atomic E-state index is 12.8. The Kier molecular flexibility index (Phi) is 12.7. The average molecular weight is 534 g/mol. The van der Waals surface area contributed by atoms with Crippen molar-refractivity contribution < 1.29 is 28.6 Å². The summed E-state index contributed by atoms with van der Waals surface area (Å²) in [5.74, 6) is 0. The van der Waals surface area contributed by atoms with Crippen molar-refractivity contribution in [3.63, 3.8) is 0 Å². The molecule has 0 aromatic heterocycles. The van der Waals surface area contributed by atoms with E-state index in [0.717, 1.165) is 16.7 Å². The zero-order chi connectivity index (χ0) is 27.5. The fourth-order valence-corrected chi connectivity index (χ4v) is 3.57. The summed E-state index contributed by atoms with van der Waals surface area (Å²) in [5.41, 5.74) is 2.69. The number of nitrogens with zero attached hydrogens (tertiary/aromatic N) is 1. The predicted molar refractivity (Wildman–Crippen MR) is 147 cm³/mol. The zero-order valence-electron chi connectivity index (χ0n) is 21.9. The Hall–Kier alpha value is -4.53. The molecule has 3 rings (SSSR count). The molecule has 0 bridgehead atoms. The van der Waals surface area contributed by atoms with Crippen molar-refractivity contribution in [2.75, 3.05) is 26.2 Å². The number of hydrogen-bond acceptors (Lipinski definition) is 6. The standard InChI is InChI=1S/C30H35N3O6/c34-28(37-22-25-12-4-1-5-13-25)31-18-10-20-33(30(36)39-24-27-16-8-3-9-17-27)21-11-19-32-29(35)38-23-26-14-6-2-7-15-26/h1-9,12-17H,10-11,18-24H2,(H,31,34)(H,32,35). The van der Waals surface area contributed by atoms with Gasteiger partial charge in [-0.25, -0.2) is 14.4 Å². The SMILES string of the molecule is O=C(NCCCN(CCCNC(=O)OCc1ccccc1)C(=O)OCc1ccccc1)OCc1ccccc1. The summed E-state index contributed by atoms with van der Waals surface area (Å²) in [4.78, 5) is 38.3. The molecule has 0 atom stereocenters. The van der Waals surface area contributed by atoms with E-state index >= 15 is 0 Å². The smallest absolute Gasteiger partial charge is 0.410 e. The normalized spacial score (nSPS) is 10.3. The minimum atomic E-state index is -0.518. The number of carbonyl (C=O) groups excluding carboxylic acids is 3. The summed E-state index contributed by atoms with van der Waals surface area (Å²) in [5, 5.41) is 5.40. The van der Waals surface area contributed by atoms with Gasteiger partial charge in [-0.15, -0.1) is 0 Å². The predicted octanol–water partition coefficient (Wildman–Crippen LogP) is 5.26. The van der Waals surface area contributed by atoms with Gasteiger partial charge >= 0.3 is 18.3 Å². The van der Waals surface area contributed by atoms with E-state index in [1.807, 2.05) is 91.0 Å². The van der Waals surface area contributed by atoms with Crippen LogP contribution in [0.2, 0.25) is 0 Å². The molecular weight excluding hydrogens is 498 g/mol. The summed E-state index contributed by atoms with van der Waals surface area (Å²) in [6.07, 6.45) is -0.483. The molecule has 0 aliphatic rings. The van der Waals surface area contributed by atoms with Gasteiger partial charge in [-0.2, -0.15) is 0 Å². The minimum absolute atomic E-state index is 0.157. The summed E-state index contributed by atoms with van der Waals surface area (Å²) >= 11 is 0.